The Morgan fingerprint density at radius 1 is 0.972 bits per heavy atom. The molecule has 1 amide bonds. The highest BCUT2D eigenvalue weighted by Gasteiger charge is 2.29. The van der Waals surface area contributed by atoms with Gasteiger partial charge in [0.2, 0.25) is 0 Å². The number of amides is 1. The minimum atomic E-state index is -1.11. The van der Waals surface area contributed by atoms with Gasteiger partial charge in [0.15, 0.2) is 17.2 Å². The van der Waals surface area contributed by atoms with Crippen molar-refractivity contribution in [2.24, 2.45) is 0 Å². The second kappa shape index (κ2) is 11.2. The number of ether oxygens (including phenoxy) is 2. The lowest BCUT2D eigenvalue weighted by atomic mass is 9.86. The van der Waals surface area contributed by atoms with Crippen molar-refractivity contribution < 1.29 is 33.0 Å². The van der Waals surface area contributed by atoms with E-state index in [-0.39, 0.29) is 11.4 Å². The van der Waals surface area contributed by atoms with Gasteiger partial charge in [-0.1, -0.05) is 24.3 Å². The van der Waals surface area contributed by atoms with Crippen molar-refractivity contribution in [2.45, 2.75) is 45.8 Å². The normalized spacial score (nSPS) is 12.7. The largest absolute Gasteiger partial charge is 0.503 e. The molecule has 2 atom stereocenters. The molecule has 0 fully saturated rings. The van der Waals surface area contributed by atoms with Crippen LogP contribution in [0.1, 0.15) is 52.5 Å². The number of pyridine rings is 1. The number of aromatic nitrogens is 1. The van der Waals surface area contributed by atoms with Crippen molar-refractivity contribution in [1.29, 1.82) is 0 Å². The summed E-state index contributed by atoms with van der Waals surface area (Å²) in [6.07, 6.45) is 0.439. The van der Waals surface area contributed by atoms with E-state index in [1.54, 1.807) is 45.0 Å². The maximum absolute atomic E-state index is 14.4. The molecule has 0 saturated heterocycles. The van der Waals surface area contributed by atoms with Crippen molar-refractivity contribution in [3.05, 3.63) is 88.2 Å². The Kier molecular flexibility index (Phi) is 8.24. The number of halogens is 2. The van der Waals surface area contributed by atoms with Gasteiger partial charge in [0.1, 0.15) is 23.8 Å². The van der Waals surface area contributed by atoms with E-state index < -0.39 is 47.3 Å². The van der Waals surface area contributed by atoms with Crippen LogP contribution in [0.25, 0.3) is 0 Å². The van der Waals surface area contributed by atoms with Crippen molar-refractivity contribution in [3.63, 3.8) is 0 Å². The smallest absolute Gasteiger partial charge is 0.328 e. The fourth-order valence-electron chi connectivity index (χ4n) is 3.78. The van der Waals surface area contributed by atoms with Crippen LogP contribution in [-0.4, -0.2) is 41.2 Å². The van der Waals surface area contributed by atoms with E-state index in [0.29, 0.717) is 22.3 Å². The number of benzene rings is 2. The zero-order valence-corrected chi connectivity index (χ0v) is 20.6. The summed E-state index contributed by atoms with van der Waals surface area (Å²) in [7, 11) is 1.33. The molecule has 0 unspecified atom stereocenters. The first kappa shape index (κ1) is 26.6. The summed E-state index contributed by atoms with van der Waals surface area (Å²) in [6.45, 7) is 6.28. The van der Waals surface area contributed by atoms with Crippen LogP contribution < -0.4 is 10.1 Å². The lowest BCUT2D eigenvalue weighted by Crippen LogP contribution is -2.41. The number of carbonyl (C=O) groups excluding carboxylic acids is 2. The summed E-state index contributed by atoms with van der Waals surface area (Å²) in [5.74, 6) is -3.53. The lowest BCUT2D eigenvalue weighted by molar-refractivity contribution is -0.150. The quantitative estimate of drug-likeness (QED) is 0.442. The number of rotatable bonds is 8. The molecule has 0 radical (unpaired) electrons. The van der Waals surface area contributed by atoms with Gasteiger partial charge in [0.05, 0.1) is 7.11 Å². The fraction of sp³-hybridized carbons (Fsp3) is 0.296. The highest BCUT2D eigenvalue weighted by atomic mass is 19.1. The fourth-order valence-corrected chi connectivity index (χ4v) is 3.78. The van der Waals surface area contributed by atoms with E-state index in [0.717, 1.165) is 0 Å². The molecule has 1 heterocycles. The molecule has 0 spiro atoms. The van der Waals surface area contributed by atoms with Crippen LogP contribution in [0.5, 0.6) is 11.5 Å². The van der Waals surface area contributed by atoms with Gasteiger partial charge in [-0.25, -0.2) is 18.6 Å². The maximum Gasteiger partial charge on any atom is 0.328 e. The Labute approximate surface area is 208 Å². The van der Waals surface area contributed by atoms with E-state index in [4.69, 9.17) is 9.47 Å². The third-order valence-corrected chi connectivity index (χ3v) is 5.90. The van der Waals surface area contributed by atoms with E-state index in [1.165, 1.54) is 38.4 Å². The molecule has 7 nitrogen and oxygen atoms in total. The predicted octanol–water partition coefficient (Wildman–Crippen LogP) is 4.57. The zero-order valence-electron chi connectivity index (χ0n) is 20.6. The van der Waals surface area contributed by atoms with Crippen LogP contribution in [0.15, 0.2) is 48.7 Å². The third-order valence-electron chi connectivity index (χ3n) is 5.90. The number of hydrogen-bond acceptors (Lipinski definition) is 6. The third kappa shape index (κ3) is 5.79. The Bertz CT molecular complexity index is 1230. The summed E-state index contributed by atoms with van der Waals surface area (Å²) in [4.78, 5) is 29.2. The number of aryl methyl sites for hydroxylation is 2. The molecule has 0 aliphatic rings. The minimum absolute atomic E-state index is 0.0532. The second-order valence-corrected chi connectivity index (χ2v) is 8.54. The van der Waals surface area contributed by atoms with Crippen molar-refractivity contribution in [2.75, 3.05) is 7.11 Å². The number of nitrogens with zero attached hydrogens (tertiary/aromatic N) is 1. The van der Waals surface area contributed by atoms with Crippen LogP contribution in [0.2, 0.25) is 0 Å². The molecule has 1 aromatic heterocycles. The topological polar surface area (TPSA) is 97.8 Å². The standard InChI is InChI=1S/C27H28F2N2O5/c1-14-6-8-18(12-20(14)28)23(19-9-7-15(2)21(29)13-19)17(4)36-27(34)16(3)31-26(33)24-25(32)22(35-5)10-11-30-24/h6-13,16-17,23,32H,1-5H3,(H,31,33)/t16-,17-/m0/s1. The zero-order chi connectivity index (χ0) is 26.6. The molecule has 36 heavy (non-hydrogen) atoms. The SMILES string of the molecule is COc1ccnc(C(=O)N[C@@H](C)C(=O)O[C@@H](C)C(c2ccc(C)c(F)c2)c2ccc(C)c(F)c2)c1O. The van der Waals surface area contributed by atoms with Crippen molar-refractivity contribution >= 4 is 11.9 Å². The summed E-state index contributed by atoms with van der Waals surface area (Å²) in [6, 6.07) is 9.56. The summed E-state index contributed by atoms with van der Waals surface area (Å²) in [5.41, 5.74) is 1.59. The first-order chi connectivity index (χ1) is 17.0. The summed E-state index contributed by atoms with van der Waals surface area (Å²) >= 11 is 0. The average Bonchev–Trinajstić information content (AvgIpc) is 2.83. The van der Waals surface area contributed by atoms with Crippen LogP contribution in [0.4, 0.5) is 8.78 Å². The first-order valence-electron chi connectivity index (χ1n) is 11.3. The van der Waals surface area contributed by atoms with Gasteiger partial charge in [-0.15, -0.1) is 0 Å². The summed E-state index contributed by atoms with van der Waals surface area (Å²) in [5, 5.41) is 12.6. The van der Waals surface area contributed by atoms with Crippen molar-refractivity contribution in [1.82, 2.24) is 10.3 Å². The van der Waals surface area contributed by atoms with Gasteiger partial charge in [-0.2, -0.15) is 0 Å². The molecule has 0 aliphatic heterocycles. The van der Waals surface area contributed by atoms with Crippen LogP contribution in [0.3, 0.4) is 0 Å². The molecule has 9 heteroatoms. The molecule has 0 bridgehead atoms. The van der Waals surface area contributed by atoms with Crippen LogP contribution >= 0.6 is 0 Å². The van der Waals surface area contributed by atoms with Crippen molar-refractivity contribution in [3.8, 4) is 11.5 Å². The molecule has 2 N–H and O–H groups in total. The number of methoxy groups -OCH3 is 1. The minimum Gasteiger partial charge on any atom is -0.503 e. The molecule has 0 aliphatic carbocycles. The first-order valence-corrected chi connectivity index (χ1v) is 11.3. The number of carbonyl (C=O) groups is 2. The van der Waals surface area contributed by atoms with Gasteiger partial charge in [-0.05, 0) is 62.1 Å². The molecule has 3 rings (SSSR count). The number of aromatic hydroxyl groups is 1. The van der Waals surface area contributed by atoms with Gasteiger partial charge in [0, 0.05) is 18.2 Å². The lowest BCUT2D eigenvalue weighted by Gasteiger charge is -2.27. The molecule has 2 aromatic carbocycles. The van der Waals surface area contributed by atoms with E-state index >= 15 is 0 Å². The summed E-state index contributed by atoms with van der Waals surface area (Å²) < 4.78 is 39.4. The Morgan fingerprint density at radius 3 is 2.03 bits per heavy atom. The van der Waals surface area contributed by atoms with Crippen LogP contribution in [-0.2, 0) is 9.53 Å². The molecule has 3 aromatic rings. The second-order valence-electron chi connectivity index (χ2n) is 8.54. The Morgan fingerprint density at radius 2 is 1.53 bits per heavy atom. The van der Waals surface area contributed by atoms with Gasteiger partial charge in [-0.3, -0.25) is 4.79 Å². The molecular weight excluding hydrogens is 470 g/mol. The molecule has 190 valence electrons. The highest BCUT2D eigenvalue weighted by Crippen LogP contribution is 2.32. The Hall–Kier alpha value is -4.01. The van der Waals surface area contributed by atoms with Crippen LogP contribution in [0, 0.1) is 25.5 Å². The molecule has 0 saturated carbocycles. The van der Waals surface area contributed by atoms with E-state index in [1.807, 2.05) is 0 Å². The monoisotopic (exact) mass is 498 g/mol. The van der Waals surface area contributed by atoms with E-state index in [9.17, 15) is 23.5 Å². The van der Waals surface area contributed by atoms with Gasteiger partial charge in [0.25, 0.3) is 5.91 Å². The average molecular weight is 499 g/mol. The highest BCUT2D eigenvalue weighted by molar-refractivity contribution is 5.97. The maximum atomic E-state index is 14.4. The van der Waals surface area contributed by atoms with Gasteiger partial charge < -0.3 is 19.9 Å². The van der Waals surface area contributed by atoms with E-state index in [2.05, 4.69) is 10.3 Å². The number of hydrogen-bond donors (Lipinski definition) is 2. The predicted molar refractivity (Wildman–Crippen MR) is 129 cm³/mol. The number of nitrogens with one attached hydrogen (secondary N) is 1. The Balaban J connectivity index is 1.82. The van der Waals surface area contributed by atoms with Gasteiger partial charge >= 0.3 is 5.97 Å². The molecular formula is C27H28F2N2O5. The number of esters is 1.